The standard InChI is InChI=1S/C20H23NO3/c1-14(2)16-9-11-17(12-10-16)19(22)21-18(20(23)24-3)13-15-7-5-4-6-8-15/h4-12,14,18H,13H2,1-3H3,(H,21,22). The second-order valence-electron chi connectivity index (χ2n) is 6.02. The number of hydrogen-bond donors (Lipinski definition) is 1. The Hall–Kier alpha value is -2.62. The first kappa shape index (κ1) is 17.7. The molecular weight excluding hydrogens is 302 g/mol. The summed E-state index contributed by atoms with van der Waals surface area (Å²) in [5, 5.41) is 2.77. The highest BCUT2D eigenvalue weighted by Crippen LogP contribution is 2.15. The van der Waals surface area contributed by atoms with Crippen molar-refractivity contribution in [3.8, 4) is 0 Å². The van der Waals surface area contributed by atoms with Crippen LogP contribution in [-0.2, 0) is 16.0 Å². The van der Waals surface area contributed by atoms with Gasteiger partial charge in [0.2, 0.25) is 0 Å². The number of methoxy groups -OCH3 is 1. The van der Waals surface area contributed by atoms with Crippen molar-refractivity contribution >= 4 is 11.9 Å². The average Bonchev–Trinajstić information content (AvgIpc) is 2.61. The molecule has 0 aliphatic heterocycles. The smallest absolute Gasteiger partial charge is 0.328 e. The fraction of sp³-hybridized carbons (Fsp3) is 0.300. The molecular formula is C20H23NO3. The van der Waals surface area contributed by atoms with Gasteiger partial charge in [-0.15, -0.1) is 0 Å². The van der Waals surface area contributed by atoms with Gasteiger partial charge in [-0.25, -0.2) is 4.79 Å². The number of nitrogens with one attached hydrogen (secondary N) is 1. The highest BCUT2D eigenvalue weighted by Gasteiger charge is 2.22. The van der Waals surface area contributed by atoms with Gasteiger partial charge in [-0.1, -0.05) is 56.3 Å². The van der Waals surface area contributed by atoms with E-state index in [2.05, 4.69) is 19.2 Å². The van der Waals surface area contributed by atoms with Crippen molar-refractivity contribution in [1.29, 1.82) is 0 Å². The number of benzene rings is 2. The minimum atomic E-state index is -0.713. The molecule has 4 heteroatoms. The van der Waals surface area contributed by atoms with Crippen LogP contribution < -0.4 is 5.32 Å². The minimum absolute atomic E-state index is 0.281. The van der Waals surface area contributed by atoms with Crippen LogP contribution in [0.2, 0.25) is 0 Å². The van der Waals surface area contributed by atoms with E-state index in [-0.39, 0.29) is 5.91 Å². The van der Waals surface area contributed by atoms with E-state index in [4.69, 9.17) is 4.74 Å². The van der Waals surface area contributed by atoms with Crippen LogP contribution in [-0.4, -0.2) is 25.0 Å². The second-order valence-corrected chi connectivity index (χ2v) is 6.02. The molecule has 0 bridgehead atoms. The molecule has 0 saturated heterocycles. The summed E-state index contributed by atoms with van der Waals surface area (Å²) >= 11 is 0. The van der Waals surface area contributed by atoms with Gasteiger partial charge in [-0.2, -0.15) is 0 Å². The first-order chi connectivity index (χ1) is 11.5. The average molecular weight is 325 g/mol. The third kappa shape index (κ3) is 4.69. The van der Waals surface area contributed by atoms with E-state index >= 15 is 0 Å². The largest absolute Gasteiger partial charge is 0.467 e. The van der Waals surface area contributed by atoms with Gasteiger partial charge < -0.3 is 10.1 Å². The van der Waals surface area contributed by atoms with Crippen molar-refractivity contribution in [1.82, 2.24) is 5.32 Å². The highest BCUT2D eigenvalue weighted by molar-refractivity contribution is 5.96. The van der Waals surface area contributed by atoms with E-state index in [9.17, 15) is 9.59 Å². The van der Waals surface area contributed by atoms with Crippen molar-refractivity contribution in [2.45, 2.75) is 32.2 Å². The number of ether oxygens (including phenoxy) is 1. The monoisotopic (exact) mass is 325 g/mol. The molecule has 0 aromatic heterocycles. The molecule has 0 aliphatic rings. The van der Waals surface area contributed by atoms with Crippen molar-refractivity contribution in [2.75, 3.05) is 7.11 Å². The van der Waals surface area contributed by atoms with Crippen molar-refractivity contribution in [3.05, 3.63) is 71.3 Å². The molecule has 1 N–H and O–H groups in total. The molecule has 1 atom stereocenters. The topological polar surface area (TPSA) is 55.4 Å². The van der Waals surface area contributed by atoms with Gasteiger partial charge in [0.1, 0.15) is 6.04 Å². The first-order valence-corrected chi connectivity index (χ1v) is 8.04. The van der Waals surface area contributed by atoms with Crippen LogP contribution in [0.15, 0.2) is 54.6 Å². The van der Waals surface area contributed by atoms with Crippen molar-refractivity contribution < 1.29 is 14.3 Å². The predicted molar refractivity (Wildman–Crippen MR) is 93.9 cm³/mol. The van der Waals surface area contributed by atoms with Crippen LogP contribution >= 0.6 is 0 Å². The normalized spacial score (nSPS) is 11.8. The Labute approximate surface area is 142 Å². The van der Waals surface area contributed by atoms with Crippen LogP contribution in [0.4, 0.5) is 0 Å². The van der Waals surface area contributed by atoms with Crippen LogP contribution in [0.25, 0.3) is 0 Å². The Morgan fingerprint density at radius 3 is 2.17 bits per heavy atom. The summed E-state index contributed by atoms with van der Waals surface area (Å²) in [6.45, 7) is 4.20. The van der Waals surface area contributed by atoms with Gasteiger partial charge in [0.15, 0.2) is 0 Å². The molecule has 0 fully saturated rings. The molecule has 1 unspecified atom stereocenters. The Morgan fingerprint density at radius 2 is 1.62 bits per heavy atom. The summed E-state index contributed by atoms with van der Waals surface area (Å²) in [5.41, 5.74) is 2.66. The van der Waals surface area contributed by atoms with E-state index in [1.165, 1.54) is 12.7 Å². The Kier molecular flexibility index (Phi) is 6.13. The summed E-state index contributed by atoms with van der Waals surface area (Å²) in [6, 6.07) is 16.3. The number of hydrogen-bond acceptors (Lipinski definition) is 3. The zero-order chi connectivity index (χ0) is 17.5. The molecule has 0 heterocycles. The zero-order valence-corrected chi connectivity index (χ0v) is 14.3. The lowest BCUT2D eigenvalue weighted by atomic mass is 10.0. The lowest BCUT2D eigenvalue weighted by Crippen LogP contribution is -2.43. The van der Waals surface area contributed by atoms with Crippen LogP contribution in [0.3, 0.4) is 0 Å². The maximum atomic E-state index is 12.4. The molecule has 2 rings (SSSR count). The molecule has 0 spiro atoms. The van der Waals surface area contributed by atoms with Gasteiger partial charge in [0.25, 0.3) is 5.91 Å². The highest BCUT2D eigenvalue weighted by atomic mass is 16.5. The number of carbonyl (C=O) groups excluding carboxylic acids is 2. The summed E-state index contributed by atoms with van der Waals surface area (Å²) < 4.78 is 4.82. The van der Waals surface area contributed by atoms with Gasteiger partial charge >= 0.3 is 5.97 Å². The van der Waals surface area contributed by atoms with E-state index in [1.54, 1.807) is 12.1 Å². The maximum Gasteiger partial charge on any atom is 0.328 e. The molecule has 4 nitrogen and oxygen atoms in total. The molecule has 24 heavy (non-hydrogen) atoms. The molecule has 0 aliphatic carbocycles. The van der Waals surface area contributed by atoms with Crippen molar-refractivity contribution in [3.63, 3.8) is 0 Å². The quantitative estimate of drug-likeness (QED) is 0.829. The number of esters is 1. The third-order valence-electron chi connectivity index (χ3n) is 3.91. The fourth-order valence-electron chi connectivity index (χ4n) is 2.45. The van der Waals surface area contributed by atoms with Gasteiger partial charge in [-0.3, -0.25) is 4.79 Å². The predicted octanol–water partition coefficient (Wildman–Crippen LogP) is 3.32. The molecule has 1 amide bonds. The zero-order valence-electron chi connectivity index (χ0n) is 14.3. The van der Waals surface area contributed by atoms with E-state index in [0.717, 1.165) is 5.56 Å². The second kappa shape index (κ2) is 8.29. The van der Waals surface area contributed by atoms with Crippen LogP contribution in [0.5, 0.6) is 0 Å². The van der Waals surface area contributed by atoms with Gasteiger partial charge in [-0.05, 0) is 29.2 Å². The van der Waals surface area contributed by atoms with E-state index in [0.29, 0.717) is 17.9 Å². The lowest BCUT2D eigenvalue weighted by Gasteiger charge is -2.17. The summed E-state index contributed by atoms with van der Waals surface area (Å²) in [4.78, 5) is 24.4. The molecule has 2 aromatic rings. The first-order valence-electron chi connectivity index (χ1n) is 8.04. The number of rotatable bonds is 6. The maximum absolute atomic E-state index is 12.4. The fourth-order valence-corrected chi connectivity index (χ4v) is 2.45. The Morgan fingerprint density at radius 1 is 1.00 bits per heavy atom. The van der Waals surface area contributed by atoms with E-state index < -0.39 is 12.0 Å². The van der Waals surface area contributed by atoms with Gasteiger partial charge in [0.05, 0.1) is 7.11 Å². The van der Waals surface area contributed by atoms with Crippen molar-refractivity contribution in [2.24, 2.45) is 0 Å². The summed E-state index contributed by atoms with van der Waals surface area (Å²) in [6.07, 6.45) is 0.392. The number of carbonyl (C=O) groups is 2. The summed E-state index contributed by atoms with van der Waals surface area (Å²) in [7, 11) is 1.32. The molecule has 126 valence electrons. The minimum Gasteiger partial charge on any atom is -0.467 e. The number of amides is 1. The third-order valence-corrected chi connectivity index (χ3v) is 3.91. The lowest BCUT2D eigenvalue weighted by molar-refractivity contribution is -0.142. The van der Waals surface area contributed by atoms with Gasteiger partial charge in [0, 0.05) is 12.0 Å². The SMILES string of the molecule is COC(=O)C(Cc1ccccc1)NC(=O)c1ccc(C(C)C)cc1. The van der Waals surface area contributed by atoms with E-state index in [1.807, 2.05) is 42.5 Å². The van der Waals surface area contributed by atoms with Crippen LogP contribution in [0.1, 0.15) is 41.3 Å². The Balaban J connectivity index is 2.10. The molecule has 0 saturated carbocycles. The summed E-state index contributed by atoms with van der Waals surface area (Å²) in [5.74, 6) is -0.328. The molecule has 2 aromatic carbocycles. The van der Waals surface area contributed by atoms with Crippen LogP contribution in [0, 0.1) is 0 Å². The Bertz CT molecular complexity index is 678. The molecule has 0 radical (unpaired) electrons.